The number of hydrogen-bond donors (Lipinski definition) is 2. The van der Waals surface area contributed by atoms with Gasteiger partial charge < -0.3 is 10.1 Å². The Morgan fingerprint density at radius 1 is 1.41 bits per heavy atom. The van der Waals surface area contributed by atoms with Gasteiger partial charge in [-0.3, -0.25) is 14.8 Å². The molecule has 144 valence electrons. The van der Waals surface area contributed by atoms with E-state index in [4.69, 9.17) is 4.74 Å². The maximum absolute atomic E-state index is 13.6. The number of H-pyrrole nitrogens is 1. The zero-order valence-corrected chi connectivity index (χ0v) is 15.5. The van der Waals surface area contributed by atoms with E-state index >= 15 is 0 Å². The minimum atomic E-state index is -2.64. The molecule has 0 saturated carbocycles. The molecule has 2 fully saturated rings. The first-order valence-electron chi connectivity index (χ1n) is 9.11. The summed E-state index contributed by atoms with van der Waals surface area (Å²) in [7, 11) is -0.507. The number of hydrogen-bond acceptors (Lipinski definition) is 4. The van der Waals surface area contributed by atoms with Gasteiger partial charge in [-0.1, -0.05) is 10.5 Å². The van der Waals surface area contributed by atoms with Crippen molar-refractivity contribution in [3.8, 4) is 0 Å². The summed E-state index contributed by atoms with van der Waals surface area (Å²) in [5, 5.41) is 10.7. The van der Waals surface area contributed by atoms with Crippen molar-refractivity contribution in [2.24, 2.45) is 0 Å². The second kappa shape index (κ2) is 6.27. The molecule has 1 aromatic heterocycles. The van der Waals surface area contributed by atoms with Crippen molar-refractivity contribution in [3.05, 3.63) is 33.7 Å². The number of amides is 1. The van der Waals surface area contributed by atoms with Gasteiger partial charge in [0, 0.05) is 53.9 Å². The fraction of sp³-hybridized carbons (Fsp3) is 0.500. The van der Waals surface area contributed by atoms with Crippen LogP contribution in [0.15, 0.2) is 28.1 Å². The Hall–Kier alpha value is -2.00. The molecule has 1 aromatic rings. The Morgan fingerprint density at radius 2 is 2.30 bits per heavy atom. The third-order valence-electron chi connectivity index (χ3n) is 5.37. The molecule has 27 heavy (non-hydrogen) atoms. The summed E-state index contributed by atoms with van der Waals surface area (Å²) in [6, 6.07) is 0. The maximum atomic E-state index is 13.6. The third-order valence-corrected chi connectivity index (χ3v) is 7.88. The quantitative estimate of drug-likeness (QED) is 0.773. The number of likely N-dealkylation sites (tertiary alicyclic amines) is 1. The normalized spacial score (nSPS) is 27.6. The predicted molar refractivity (Wildman–Crippen MR) is 99.1 cm³/mol. The van der Waals surface area contributed by atoms with E-state index in [1.165, 1.54) is 0 Å². The van der Waals surface area contributed by atoms with Gasteiger partial charge in [0.15, 0.2) is 5.09 Å². The van der Waals surface area contributed by atoms with E-state index in [-0.39, 0.29) is 18.9 Å². The van der Waals surface area contributed by atoms with Crippen LogP contribution in [0.3, 0.4) is 0 Å². The highest BCUT2D eigenvalue weighted by atomic mass is 32.2. The zero-order valence-electron chi connectivity index (χ0n) is 14.7. The molecule has 0 aromatic carbocycles. The molecule has 1 amide bonds. The van der Waals surface area contributed by atoms with E-state index in [9.17, 15) is 13.6 Å². The summed E-state index contributed by atoms with van der Waals surface area (Å²) in [5.41, 5.74) is 2.74. The minimum absolute atomic E-state index is 0.107. The SMILES string of the molecule is O=C1NC(CN2CCC(F)(F)C2)=C2CCCOC3=C(c4cn[nH]c4)CC1=S23. The molecule has 2 N–H and O–H groups in total. The number of aromatic nitrogens is 2. The number of allylic oxidation sites excluding steroid dienone is 2. The lowest BCUT2D eigenvalue weighted by atomic mass is 10.1. The number of alkyl halides is 2. The minimum Gasteiger partial charge on any atom is -0.487 e. The molecule has 0 aliphatic carbocycles. The zero-order chi connectivity index (χ0) is 18.6. The van der Waals surface area contributed by atoms with Crippen LogP contribution in [-0.4, -0.2) is 58.0 Å². The monoisotopic (exact) mass is 394 g/mol. The summed E-state index contributed by atoms with van der Waals surface area (Å²) in [5.74, 6) is -2.74. The molecular weight excluding hydrogens is 374 g/mol. The largest absolute Gasteiger partial charge is 0.487 e. The van der Waals surface area contributed by atoms with Gasteiger partial charge in [-0.25, -0.2) is 8.78 Å². The lowest BCUT2D eigenvalue weighted by Gasteiger charge is -2.26. The maximum Gasteiger partial charge on any atom is 0.261 e. The van der Waals surface area contributed by atoms with Crippen LogP contribution in [-0.2, 0) is 9.53 Å². The highest BCUT2D eigenvalue weighted by molar-refractivity contribution is 8.23. The first kappa shape index (κ1) is 17.1. The number of carbonyl (C=O) groups excluding carboxylic acids is 1. The molecule has 0 spiro atoms. The summed E-state index contributed by atoms with van der Waals surface area (Å²) in [6.07, 6.45) is 5.65. The molecular formula is C18H20F2N4O2S. The van der Waals surface area contributed by atoms with Gasteiger partial charge in [-0.05, 0) is 12.8 Å². The fourth-order valence-electron chi connectivity index (χ4n) is 4.10. The van der Waals surface area contributed by atoms with Crippen LogP contribution in [0.5, 0.6) is 0 Å². The number of nitrogens with zero attached hydrogens (tertiary/aromatic N) is 2. The number of nitrogens with one attached hydrogen (secondary N) is 2. The van der Waals surface area contributed by atoms with Crippen LogP contribution >= 0.6 is 10.5 Å². The van der Waals surface area contributed by atoms with Crippen molar-refractivity contribution < 1.29 is 18.3 Å². The molecule has 2 saturated heterocycles. The molecule has 0 bridgehead atoms. The molecule has 0 radical (unpaired) electrons. The van der Waals surface area contributed by atoms with Crippen molar-refractivity contribution in [2.75, 3.05) is 26.2 Å². The van der Waals surface area contributed by atoms with Crippen molar-refractivity contribution in [1.29, 1.82) is 0 Å². The van der Waals surface area contributed by atoms with E-state index in [0.717, 1.165) is 44.5 Å². The number of rotatable bonds is 3. The second-order valence-electron chi connectivity index (χ2n) is 7.28. The van der Waals surface area contributed by atoms with Crippen LogP contribution in [0.1, 0.15) is 31.2 Å². The van der Waals surface area contributed by atoms with E-state index in [0.29, 0.717) is 26.1 Å². The lowest BCUT2D eigenvalue weighted by Crippen LogP contribution is -2.39. The molecule has 5 rings (SSSR count). The van der Waals surface area contributed by atoms with Crippen LogP contribution in [0.2, 0.25) is 0 Å². The Balaban J connectivity index is 1.54. The Morgan fingerprint density at radius 3 is 3.04 bits per heavy atom. The van der Waals surface area contributed by atoms with Crippen LogP contribution in [0.4, 0.5) is 8.78 Å². The van der Waals surface area contributed by atoms with Crippen LogP contribution < -0.4 is 5.32 Å². The molecule has 1 unspecified atom stereocenters. The van der Waals surface area contributed by atoms with Gasteiger partial charge in [0.2, 0.25) is 0 Å². The number of halogens is 2. The highest BCUT2D eigenvalue weighted by Gasteiger charge is 2.41. The first-order valence-corrected chi connectivity index (χ1v) is 10.3. The topological polar surface area (TPSA) is 70.2 Å². The average molecular weight is 394 g/mol. The van der Waals surface area contributed by atoms with Gasteiger partial charge in [0.1, 0.15) is 0 Å². The van der Waals surface area contributed by atoms with Crippen LogP contribution in [0.25, 0.3) is 5.57 Å². The Bertz CT molecular complexity index is 904. The van der Waals surface area contributed by atoms with E-state index in [1.807, 2.05) is 6.20 Å². The van der Waals surface area contributed by atoms with E-state index in [2.05, 4.69) is 15.5 Å². The smallest absolute Gasteiger partial charge is 0.261 e. The molecule has 6 nitrogen and oxygen atoms in total. The molecule has 4 aliphatic heterocycles. The van der Waals surface area contributed by atoms with Crippen molar-refractivity contribution >= 4 is 26.8 Å². The van der Waals surface area contributed by atoms with Crippen LogP contribution in [0, 0.1) is 0 Å². The van der Waals surface area contributed by atoms with Gasteiger partial charge in [0.25, 0.3) is 11.8 Å². The third kappa shape index (κ3) is 2.93. The van der Waals surface area contributed by atoms with Gasteiger partial charge >= 0.3 is 0 Å². The lowest BCUT2D eigenvalue weighted by molar-refractivity contribution is -0.114. The second-order valence-corrected chi connectivity index (χ2v) is 9.25. The van der Waals surface area contributed by atoms with Gasteiger partial charge in [-0.15, -0.1) is 0 Å². The number of carbonyl (C=O) groups is 1. The summed E-state index contributed by atoms with van der Waals surface area (Å²) >= 11 is 0. The van der Waals surface area contributed by atoms with Gasteiger partial charge in [-0.2, -0.15) is 5.10 Å². The summed E-state index contributed by atoms with van der Waals surface area (Å²) in [4.78, 5) is 16.5. The first-order chi connectivity index (χ1) is 13.0. The Labute approximate surface area is 157 Å². The summed E-state index contributed by atoms with van der Waals surface area (Å²) in [6.45, 7) is 1.06. The van der Waals surface area contributed by atoms with Crippen molar-refractivity contribution in [3.63, 3.8) is 0 Å². The fourth-order valence-corrected chi connectivity index (χ4v) is 6.72. The van der Waals surface area contributed by atoms with E-state index in [1.54, 1.807) is 11.1 Å². The number of ether oxygens (including phenoxy) is 1. The summed E-state index contributed by atoms with van der Waals surface area (Å²) < 4.78 is 33.2. The molecule has 9 heteroatoms. The average Bonchev–Trinajstić information content (AvgIpc) is 3.30. The predicted octanol–water partition coefficient (Wildman–Crippen LogP) is 2.42. The van der Waals surface area contributed by atoms with Crippen molar-refractivity contribution in [2.45, 2.75) is 31.6 Å². The molecule has 4 aliphatic rings. The van der Waals surface area contributed by atoms with Crippen molar-refractivity contribution in [1.82, 2.24) is 20.4 Å². The number of aromatic amines is 1. The molecule has 1 atom stereocenters. The highest BCUT2D eigenvalue weighted by Crippen LogP contribution is 2.53. The standard InChI is InChI=1S/C18H20F2N4O2S/c19-18(20)3-4-24(10-18)9-13-14-2-1-5-26-17-12(11-7-21-22-8-11)6-15(27(14)17)16(25)23-13/h7-8H,1-6,9-10H2,(H,21,22)(H,23,25). The molecule has 5 heterocycles. The van der Waals surface area contributed by atoms with E-state index < -0.39 is 16.4 Å². The van der Waals surface area contributed by atoms with Gasteiger partial charge in [0.05, 0.1) is 24.2 Å². The Kier molecular flexibility index (Phi) is 3.98.